The number of hydrogen-bond acceptors (Lipinski definition) is 2. The predicted molar refractivity (Wildman–Crippen MR) is 71.5 cm³/mol. The Morgan fingerprint density at radius 3 is 2.82 bits per heavy atom. The summed E-state index contributed by atoms with van der Waals surface area (Å²) in [4.78, 5) is 5.90. The summed E-state index contributed by atoms with van der Waals surface area (Å²) < 4.78 is 0. The first-order chi connectivity index (χ1) is 8.31. The summed E-state index contributed by atoms with van der Waals surface area (Å²) in [7, 11) is 0. The zero-order chi connectivity index (χ0) is 11.7. The van der Waals surface area contributed by atoms with Crippen molar-refractivity contribution in [1.82, 2.24) is 15.2 Å². The minimum absolute atomic E-state index is 0.785. The number of nitrogens with zero attached hydrogens (tertiary/aromatic N) is 1. The smallest absolute Gasteiger partial charge is 0.0471 e. The number of piperazine rings is 1. The van der Waals surface area contributed by atoms with Gasteiger partial charge in [0.15, 0.2) is 0 Å². The summed E-state index contributed by atoms with van der Waals surface area (Å²) in [6.45, 7) is 5.42. The lowest BCUT2D eigenvalue weighted by molar-refractivity contribution is 0.231. The topological polar surface area (TPSA) is 31.1 Å². The molecule has 3 rings (SSSR count). The average Bonchev–Trinajstić information content (AvgIpc) is 2.71. The highest BCUT2D eigenvalue weighted by Gasteiger charge is 2.11. The quantitative estimate of drug-likeness (QED) is 0.855. The van der Waals surface area contributed by atoms with Crippen LogP contribution in [0.4, 0.5) is 0 Å². The van der Waals surface area contributed by atoms with E-state index in [2.05, 4.69) is 27.3 Å². The molecule has 4 heteroatoms. The highest BCUT2D eigenvalue weighted by molar-refractivity contribution is 6.31. The van der Waals surface area contributed by atoms with E-state index < -0.39 is 0 Å². The van der Waals surface area contributed by atoms with Gasteiger partial charge < -0.3 is 10.3 Å². The predicted octanol–water partition coefficient (Wildman–Crippen LogP) is 2.23. The largest absolute Gasteiger partial charge is 0.357 e. The average molecular weight is 250 g/mol. The molecule has 0 amide bonds. The molecule has 0 radical (unpaired) electrons. The number of rotatable bonds is 2. The number of aromatic nitrogens is 1. The Morgan fingerprint density at radius 1 is 1.18 bits per heavy atom. The van der Waals surface area contributed by atoms with Gasteiger partial charge in [-0.2, -0.15) is 0 Å². The molecular formula is C13H16ClN3. The Labute approximate surface area is 106 Å². The van der Waals surface area contributed by atoms with E-state index in [0.29, 0.717) is 0 Å². The summed E-state index contributed by atoms with van der Waals surface area (Å²) in [6, 6.07) is 8.20. The number of benzene rings is 1. The fraction of sp³-hybridized carbons (Fsp3) is 0.385. The van der Waals surface area contributed by atoms with E-state index in [1.54, 1.807) is 0 Å². The molecule has 1 saturated heterocycles. The van der Waals surface area contributed by atoms with Crippen molar-refractivity contribution in [3.8, 4) is 0 Å². The summed E-state index contributed by atoms with van der Waals surface area (Å²) in [5.41, 5.74) is 2.40. The molecule has 0 saturated carbocycles. The maximum Gasteiger partial charge on any atom is 0.0471 e. The molecule has 0 atom stereocenters. The minimum atomic E-state index is 0.785. The third-order valence-corrected chi connectivity index (χ3v) is 3.48. The van der Waals surface area contributed by atoms with Gasteiger partial charge in [-0.05, 0) is 23.6 Å². The maximum atomic E-state index is 5.98. The van der Waals surface area contributed by atoms with Crippen molar-refractivity contribution in [2.45, 2.75) is 6.54 Å². The summed E-state index contributed by atoms with van der Waals surface area (Å²) in [6.07, 6.45) is 0. The van der Waals surface area contributed by atoms with Crippen LogP contribution in [0, 0.1) is 0 Å². The second-order valence-electron chi connectivity index (χ2n) is 4.55. The Kier molecular flexibility index (Phi) is 3.05. The fourth-order valence-corrected chi connectivity index (χ4v) is 2.53. The van der Waals surface area contributed by atoms with Gasteiger partial charge in [0.05, 0.1) is 0 Å². The number of H-pyrrole nitrogens is 1. The third kappa shape index (κ3) is 2.46. The fourth-order valence-electron chi connectivity index (χ4n) is 2.35. The summed E-state index contributed by atoms with van der Waals surface area (Å²) in [5, 5.41) is 5.39. The molecule has 1 aliphatic rings. The van der Waals surface area contributed by atoms with Gasteiger partial charge in [0.2, 0.25) is 0 Å². The van der Waals surface area contributed by atoms with E-state index in [0.717, 1.165) is 43.3 Å². The van der Waals surface area contributed by atoms with Crippen molar-refractivity contribution in [3.63, 3.8) is 0 Å². The first kappa shape index (κ1) is 11.1. The van der Waals surface area contributed by atoms with Gasteiger partial charge in [0, 0.05) is 49.0 Å². The number of halogens is 1. The molecule has 0 unspecified atom stereocenters. The van der Waals surface area contributed by atoms with Crippen LogP contribution in [0.25, 0.3) is 10.9 Å². The maximum absolute atomic E-state index is 5.98. The van der Waals surface area contributed by atoms with Crippen molar-refractivity contribution in [2.75, 3.05) is 26.2 Å². The molecule has 3 nitrogen and oxygen atoms in total. The van der Waals surface area contributed by atoms with Crippen LogP contribution in [0.15, 0.2) is 24.3 Å². The lowest BCUT2D eigenvalue weighted by Crippen LogP contribution is -2.42. The normalized spacial score (nSPS) is 17.7. The molecular weight excluding hydrogens is 234 g/mol. The first-order valence-electron chi connectivity index (χ1n) is 6.01. The second-order valence-corrected chi connectivity index (χ2v) is 4.99. The Hall–Kier alpha value is -1.03. The van der Waals surface area contributed by atoms with E-state index >= 15 is 0 Å². The van der Waals surface area contributed by atoms with Crippen molar-refractivity contribution >= 4 is 22.5 Å². The second kappa shape index (κ2) is 4.69. The van der Waals surface area contributed by atoms with Crippen LogP contribution in [0.1, 0.15) is 5.69 Å². The molecule has 0 spiro atoms. The molecule has 2 heterocycles. The third-order valence-electron chi connectivity index (χ3n) is 3.24. The highest BCUT2D eigenvalue weighted by Crippen LogP contribution is 2.20. The van der Waals surface area contributed by atoms with E-state index in [1.165, 1.54) is 11.1 Å². The van der Waals surface area contributed by atoms with Gasteiger partial charge in [-0.3, -0.25) is 4.90 Å². The highest BCUT2D eigenvalue weighted by atomic mass is 35.5. The summed E-state index contributed by atoms with van der Waals surface area (Å²) in [5.74, 6) is 0. The molecule has 2 N–H and O–H groups in total. The van der Waals surface area contributed by atoms with Crippen molar-refractivity contribution in [3.05, 3.63) is 35.0 Å². The van der Waals surface area contributed by atoms with Crippen LogP contribution in [0.2, 0.25) is 5.02 Å². The molecule has 1 aromatic heterocycles. The molecule has 1 aromatic carbocycles. The molecule has 0 bridgehead atoms. The Morgan fingerprint density at radius 2 is 2.00 bits per heavy atom. The number of aromatic amines is 1. The lowest BCUT2D eigenvalue weighted by Gasteiger charge is -2.26. The SMILES string of the molecule is Clc1ccc2cc(CN3CCNCC3)[nH]c2c1. The van der Waals surface area contributed by atoms with E-state index in [-0.39, 0.29) is 0 Å². The van der Waals surface area contributed by atoms with Gasteiger partial charge in [0.25, 0.3) is 0 Å². The van der Waals surface area contributed by atoms with E-state index in [4.69, 9.17) is 11.6 Å². The van der Waals surface area contributed by atoms with Crippen LogP contribution in [0.3, 0.4) is 0 Å². The van der Waals surface area contributed by atoms with E-state index in [1.807, 2.05) is 12.1 Å². The molecule has 1 aliphatic heterocycles. The van der Waals surface area contributed by atoms with E-state index in [9.17, 15) is 0 Å². The van der Waals surface area contributed by atoms with Crippen LogP contribution in [-0.4, -0.2) is 36.1 Å². The molecule has 17 heavy (non-hydrogen) atoms. The number of fused-ring (bicyclic) bond motifs is 1. The van der Waals surface area contributed by atoms with Gasteiger partial charge in [-0.1, -0.05) is 17.7 Å². The molecule has 1 fully saturated rings. The van der Waals surface area contributed by atoms with Gasteiger partial charge in [0.1, 0.15) is 0 Å². The van der Waals surface area contributed by atoms with Crippen LogP contribution in [0.5, 0.6) is 0 Å². The van der Waals surface area contributed by atoms with Gasteiger partial charge in [-0.15, -0.1) is 0 Å². The van der Waals surface area contributed by atoms with Gasteiger partial charge in [-0.25, -0.2) is 0 Å². The monoisotopic (exact) mass is 249 g/mol. The molecule has 0 aliphatic carbocycles. The van der Waals surface area contributed by atoms with Crippen molar-refractivity contribution in [2.24, 2.45) is 0 Å². The summed E-state index contributed by atoms with van der Waals surface area (Å²) >= 11 is 5.98. The van der Waals surface area contributed by atoms with Crippen LogP contribution >= 0.6 is 11.6 Å². The lowest BCUT2D eigenvalue weighted by atomic mass is 10.2. The Balaban J connectivity index is 1.80. The van der Waals surface area contributed by atoms with Crippen LogP contribution in [-0.2, 0) is 6.54 Å². The van der Waals surface area contributed by atoms with Crippen molar-refractivity contribution < 1.29 is 0 Å². The van der Waals surface area contributed by atoms with Crippen molar-refractivity contribution in [1.29, 1.82) is 0 Å². The molecule has 90 valence electrons. The number of hydrogen-bond donors (Lipinski definition) is 2. The zero-order valence-electron chi connectivity index (χ0n) is 9.67. The molecule has 2 aromatic rings. The minimum Gasteiger partial charge on any atom is -0.357 e. The number of nitrogens with one attached hydrogen (secondary N) is 2. The Bertz CT molecular complexity index is 514. The standard InChI is InChI=1S/C13H16ClN3/c14-11-2-1-10-7-12(16-13(10)8-11)9-17-5-3-15-4-6-17/h1-2,7-8,15-16H,3-6,9H2. The first-order valence-corrected chi connectivity index (χ1v) is 6.39. The van der Waals surface area contributed by atoms with Crippen LogP contribution < -0.4 is 5.32 Å². The van der Waals surface area contributed by atoms with Gasteiger partial charge >= 0.3 is 0 Å². The zero-order valence-corrected chi connectivity index (χ0v) is 10.4.